The van der Waals surface area contributed by atoms with Crippen LogP contribution in [0, 0.1) is 11.8 Å². The highest BCUT2D eigenvalue weighted by Gasteiger charge is 2.24. The molecule has 220 valence electrons. The van der Waals surface area contributed by atoms with Crippen molar-refractivity contribution in [2.75, 3.05) is 38.5 Å². The second-order valence-electron chi connectivity index (χ2n) is 11.7. The van der Waals surface area contributed by atoms with Gasteiger partial charge in [0.25, 0.3) is 0 Å². The molecule has 0 aromatic rings. The molecule has 0 N–H and O–H groups in total. The molecule has 0 aliphatic carbocycles. The van der Waals surface area contributed by atoms with Gasteiger partial charge in [-0.05, 0) is 49.8 Å². The smallest absolute Gasteiger partial charge is 0.0786 e. The van der Waals surface area contributed by atoms with E-state index in [1.807, 2.05) is 0 Å². The molecule has 0 saturated heterocycles. The lowest BCUT2D eigenvalue weighted by Gasteiger charge is -2.39. The van der Waals surface area contributed by atoms with E-state index >= 15 is 0 Å². The number of unbranched alkanes of at least 4 members (excludes halogenated alkanes) is 6. The first-order valence-electron chi connectivity index (χ1n) is 16.4. The Labute approximate surface area is 229 Å². The first-order valence-corrected chi connectivity index (χ1v) is 18.4. The average Bonchev–Trinajstić information content (AvgIpc) is 2.88. The number of quaternary nitrogens is 1. The van der Waals surface area contributed by atoms with Crippen LogP contribution in [-0.4, -0.2) is 43.0 Å². The minimum absolute atomic E-state index is 0.381. The van der Waals surface area contributed by atoms with Gasteiger partial charge in [0.05, 0.1) is 26.2 Å². The predicted octanol–water partition coefficient (Wildman–Crippen LogP) is 10.1. The molecule has 0 fully saturated rings. The summed E-state index contributed by atoms with van der Waals surface area (Å²) in [6.45, 7) is 23.6. The maximum atomic E-state index is 12.3. The summed E-state index contributed by atoms with van der Waals surface area (Å²) in [4.78, 5) is 12.3. The second-order valence-corrected chi connectivity index (χ2v) is 14.0. The summed E-state index contributed by atoms with van der Waals surface area (Å²) in [5.74, 6) is 0.763. The van der Waals surface area contributed by atoms with Gasteiger partial charge in [-0.15, -0.1) is 0 Å². The van der Waals surface area contributed by atoms with Gasteiger partial charge in [0, 0.05) is 7.37 Å². The van der Waals surface area contributed by atoms with Crippen LogP contribution in [0.4, 0.5) is 0 Å². The maximum Gasteiger partial charge on any atom is 0.0786 e. The van der Waals surface area contributed by atoms with Crippen molar-refractivity contribution < 1.29 is 13.9 Å². The third-order valence-corrected chi connectivity index (χ3v) is 10.2. The zero-order valence-corrected chi connectivity index (χ0v) is 27.3. The van der Waals surface area contributed by atoms with Crippen LogP contribution in [0.1, 0.15) is 158 Å². The van der Waals surface area contributed by atoms with Gasteiger partial charge in [-0.25, -0.2) is 0 Å². The third kappa shape index (κ3) is 21.1. The number of hydrogen-bond donors (Lipinski definition) is 0. The molecule has 2 unspecified atom stereocenters. The molecule has 0 aliphatic rings. The Morgan fingerprint density at radius 3 is 1.03 bits per heavy atom. The minimum Gasteiger partial charge on any atom is -0.799 e. The summed E-state index contributed by atoms with van der Waals surface area (Å²) in [7, 11) is -3.17. The summed E-state index contributed by atoms with van der Waals surface area (Å²) in [5, 5.41) is 0. The van der Waals surface area contributed by atoms with Crippen LogP contribution in [0.2, 0.25) is 0 Å². The SMILES string of the molecule is CCCCC(CC)CP(=O)([O-])CC(CC)CCCC.CCCC[N+](CCCC)(CCCC)CCCC. The van der Waals surface area contributed by atoms with Crippen LogP contribution >= 0.6 is 7.37 Å². The van der Waals surface area contributed by atoms with Crippen molar-refractivity contribution in [3.8, 4) is 0 Å². The molecule has 0 aromatic heterocycles. The van der Waals surface area contributed by atoms with E-state index < -0.39 is 7.37 Å². The van der Waals surface area contributed by atoms with Crippen molar-refractivity contribution in [2.45, 2.75) is 158 Å². The van der Waals surface area contributed by atoms with E-state index in [4.69, 9.17) is 0 Å². The molecule has 0 spiro atoms. The molecule has 0 radical (unpaired) electrons. The Bertz CT molecular complexity index is 437. The highest BCUT2D eigenvalue weighted by molar-refractivity contribution is 7.56. The molecule has 0 bridgehead atoms. The van der Waals surface area contributed by atoms with Crippen LogP contribution in [0.25, 0.3) is 0 Å². The summed E-state index contributed by atoms with van der Waals surface area (Å²) in [6, 6.07) is 0. The number of rotatable bonds is 24. The van der Waals surface area contributed by atoms with Crippen LogP contribution < -0.4 is 4.89 Å². The third-order valence-electron chi connectivity index (χ3n) is 8.10. The van der Waals surface area contributed by atoms with Gasteiger partial charge in [0.15, 0.2) is 0 Å². The molecule has 0 heterocycles. The standard InChI is InChI=1S/C16H36N.C16H35O2P/c1-5-9-13-17(14-10-6-2,15-11-7-3)16-12-8-4;1-5-9-11-15(7-3)13-19(17,18)14-16(8-4)12-10-6-2/h5-16H2,1-4H3;15-16H,5-14H2,1-4H3,(H,17,18)/q+1;/p-1. The fraction of sp³-hybridized carbons (Fsp3) is 1.00. The topological polar surface area (TPSA) is 40.1 Å². The monoisotopic (exact) mass is 532 g/mol. The first kappa shape index (κ1) is 38.3. The van der Waals surface area contributed by atoms with E-state index in [2.05, 4.69) is 55.4 Å². The lowest BCUT2D eigenvalue weighted by atomic mass is 10.0. The lowest BCUT2D eigenvalue weighted by molar-refractivity contribution is -0.929. The quantitative estimate of drug-likeness (QED) is 0.0918. The van der Waals surface area contributed by atoms with Crippen LogP contribution in [0.3, 0.4) is 0 Å². The van der Waals surface area contributed by atoms with E-state index in [-0.39, 0.29) is 0 Å². The lowest BCUT2D eigenvalue weighted by Crippen LogP contribution is -2.50. The summed E-state index contributed by atoms with van der Waals surface area (Å²) in [5.41, 5.74) is 0. The second kappa shape index (κ2) is 25.4. The molecule has 0 rings (SSSR count). The van der Waals surface area contributed by atoms with E-state index in [0.717, 1.165) is 51.4 Å². The Hall–Kier alpha value is 0.150. The highest BCUT2D eigenvalue weighted by Crippen LogP contribution is 2.43. The van der Waals surface area contributed by atoms with Gasteiger partial charge in [0.1, 0.15) is 0 Å². The summed E-state index contributed by atoms with van der Waals surface area (Å²) < 4.78 is 13.7. The van der Waals surface area contributed by atoms with Crippen molar-refractivity contribution in [3.05, 3.63) is 0 Å². The van der Waals surface area contributed by atoms with Crippen molar-refractivity contribution in [1.82, 2.24) is 0 Å². The molecule has 0 aliphatic heterocycles. The molecular formula is C32H70NO2P. The van der Waals surface area contributed by atoms with Gasteiger partial charge in [-0.2, -0.15) is 0 Å². The molecule has 4 heteroatoms. The van der Waals surface area contributed by atoms with Crippen molar-refractivity contribution >= 4 is 7.37 Å². The zero-order valence-electron chi connectivity index (χ0n) is 26.4. The zero-order chi connectivity index (χ0) is 27.7. The Morgan fingerprint density at radius 2 is 0.806 bits per heavy atom. The van der Waals surface area contributed by atoms with Crippen LogP contribution in [0.5, 0.6) is 0 Å². The molecule has 0 amide bonds. The summed E-state index contributed by atoms with van der Waals surface area (Å²) >= 11 is 0. The molecule has 36 heavy (non-hydrogen) atoms. The van der Waals surface area contributed by atoms with Crippen LogP contribution in [0.15, 0.2) is 0 Å². The van der Waals surface area contributed by atoms with Crippen LogP contribution in [-0.2, 0) is 4.57 Å². The van der Waals surface area contributed by atoms with Gasteiger partial charge in [0.2, 0.25) is 0 Å². The molecular weight excluding hydrogens is 461 g/mol. The average molecular weight is 532 g/mol. The van der Waals surface area contributed by atoms with Crippen molar-refractivity contribution in [1.29, 1.82) is 0 Å². The Kier molecular flexibility index (Phi) is 27.1. The molecule has 0 saturated carbocycles. The normalized spacial score (nSPS) is 15.1. The summed E-state index contributed by atoms with van der Waals surface area (Å²) in [6.07, 6.45) is 20.7. The predicted molar refractivity (Wildman–Crippen MR) is 163 cm³/mol. The molecule has 2 atom stereocenters. The number of nitrogens with zero attached hydrogens (tertiary/aromatic N) is 1. The first-order chi connectivity index (χ1) is 17.2. The van der Waals surface area contributed by atoms with Gasteiger partial charge in [-0.1, -0.05) is 132 Å². The fourth-order valence-electron chi connectivity index (χ4n) is 5.34. The van der Waals surface area contributed by atoms with Crippen molar-refractivity contribution in [3.63, 3.8) is 0 Å². The van der Waals surface area contributed by atoms with Gasteiger partial charge < -0.3 is 13.9 Å². The van der Waals surface area contributed by atoms with E-state index in [9.17, 15) is 9.46 Å². The molecule has 3 nitrogen and oxygen atoms in total. The van der Waals surface area contributed by atoms with E-state index in [1.165, 1.54) is 82.0 Å². The Balaban J connectivity index is 0. The number of hydrogen-bond acceptors (Lipinski definition) is 2. The van der Waals surface area contributed by atoms with E-state index in [0.29, 0.717) is 24.2 Å². The molecule has 0 aromatic carbocycles. The fourth-order valence-corrected chi connectivity index (χ4v) is 7.95. The highest BCUT2D eigenvalue weighted by atomic mass is 31.2. The minimum atomic E-state index is -3.17. The van der Waals surface area contributed by atoms with Gasteiger partial charge in [-0.3, -0.25) is 0 Å². The largest absolute Gasteiger partial charge is 0.799 e. The maximum absolute atomic E-state index is 12.3. The van der Waals surface area contributed by atoms with E-state index in [1.54, 1.807) is 0 Å². The van der Waals surface area contributed by atoms with Crippen molar-refractivity contribution in [2.24, 2.45) is 11.8 Å². The Morgan fingerprint density at radius 1 is 0.528 bits per heavy atom. The van der Waals surface area contributed by atoms with Gasteiger partial charge >= 0.3 is 0 Å².